The number of carbonyl (C=O) groups excluding carboxylic acids is 1. The minimum Gasteiger partial charge on any atom is -0.317 e. The monoisotopic (exact) mass is 272 g/mol. The summed E-state index contributed by atoms with van der Waals surface area (Å²) in [6.45, 7) is 6.30. The molecule has 1 aromatic carbocycles. The summed E-state index contributed by atoms with van der Waals surface area (Å²) in [5.74, 6) is 0.548. The van der Waals surface area contributed by atoms with Crippen molar-refractivity contribution in [3.05, 3.63) is 29.3 Å². The first-order valence-electron chi connectivity index (χ1n) is 7.58. The smallest absolute Gasteiger partial charge is 0.230 e. The van der Waals surface area contributed by atoms with Crippen molar-refractivity contribution in [1.29, 1.82) is 0 Å². The van der Waals surface area contributed by atoms with Crippen LogP contribution in [-0.4, -0.2) is 26.0 Å². The minimum absolute atomic E-state index is 0.246. The van der Waals surface area contributed by atoms with Gasteiger partial charge in [0.1, 0.15) is 0 Å². The van der Waals surface area contributed by atoms with Gasteiger partial charge in [0.15, 0.2) is 0 Å². The molecule has 2 fully saturated rings. The molecule has 2 aliphatic rings. The number of aryl methyl sites for hydroxylation is 2. The average Bonchev–Trinajstić information content (AvgIpc) is 3.10. The zero-order chi connectivity index (χ0) is 14.3. The van der Waals surface area contributed by atoms with Crippen LogP contribution in [0, 0.1) is 25.2 Å². The van der Waals surface area contributed by atoms with Gasteiger partial charge in [-0.05, 0) is 74.9 Å². The van der Waals surface area contributed by atoms with E-state index in [1.165, 1.54) is 11.1 Å². The largest absolute Gasteiger partial charge is 0.317 e. The maximum absolute atomic E-state index is 12.7. The third-order valence-electron chi connectivity index (χ3n) is 5.01. The topological polar surface area (TPSA) is 32.3 Å². The molecule has 1 atom stereocenters. The molecule has 108 valence electrons. The first kappa shape index (κ1) is 13.6. The van der Waals surface area contributed by atoms with Crippen molar-refractivity contribution >= 4 is 11.6 Å². The predicted octanol–water partition coefficient (Wildman–Crippen LogP) is 2.66. The normalized spacial score (nSPS) is 23.6. The number of nitrogens with one attached hydrogen (secondary N) is 1. The fourth-order valence-corrected chi connectivity index (χ4v) is 3.68. The first-order valence-corrected chi connectivity index (χ1v) is 7.58. The van der Waals surface area contributed by atoms with E-state index in [1.807, 2.05) is 11.9 Å². The molecule has 1 aromatic rings. The predicted molar refractivity (Wildman–Crippen MR) is 82.0 cm³/mol. The SMILES string of the molecule is Cc1cc(C)cc(N(C)C(=O)C2CC23CCNCC3)c1. The number of piperidine rings is 1. The van der Waals surface area contributed by atoms with E-state index in [0.29, 0.717) is 11.3 Å². The Hall–Kier alpha value is -1.35. The average molecular weight is 272 g/mol. The second kappa shape index (κ2) is 4.88. The third kappa shape index (κ3) is 2.35. The maximum Gasteiger partial charge on any atom is 0.230 e. The highest BCUT2D eigenvalue weighted by atomic mass is 16.2. The van der Waals surface area contributed by atoms with Crippen LogP contribution in [-0.2, 0) is 4.79 Å². The zero-order valence-corrected chi connectivity index (χ0v) is 12.7. The molecule has 0 bridgehead atoms. The van der Waals surface area contributed by atoms with Gasteiger partial charge in [0.05, 0.1) is 0 Å². The lowest BCUT2D eigenvalue weighted by molar-refractivity contribution is -0.120. The zero-order valence-electron chi connectivity index (χ0n) is 12.7. The molecule has 1 unspecified atom stereocenters. The van der Waals surface area contributed by atoms with E-state index in [0.717, 1.165) is 38.0 Å². The molecule has 1 spiro atoms. The summed E-state index contributed by atoms with van der Waals surface area (Å²) >= 11 is 0. The Kier molecular flexibility index (Phi) is 3.33. The van der Waals surface area contributed by atoms with Crippen molar-refractivity contribution < 1.29 is 4.79 Å². The van der Waals surface area contributed by atoms with Crippen LogP contribution in [0.5, 0.6) is 0 Å². The summed E-state index contributed by atoms with van der Waals surface area (Å²) in [6.07, 6.45) is 3.40. The van der Waals surface area contributed by atoms with E-state index in [4.69, 9.17) is 0 Å². The van der Waals surface area contributed by atoms with Gasteiger partial charge in [0.2, 0.25) is 5.91 Å². The summed E-state index contributed by atoms with van der Waals surface area (Å²) in [6, 6.07) is 6.35. The van der Waals surface area contributed by atoms with Gasteiger partial charge < -0.3 is 10.2 Å². The van der Waals surface area contributed by atoms with Crippen molar-refractivity contribution in [2.24, 2.45) is 11.3 Å². The number of hydrogen-bond acceptors (Lipinski definition) is 2. The molecule has 1 aliphatic heterocycles. The molecule has 1 N–H and O–H groups in total. The van der Waals surface area contributed by atoms with Crippen LogP contribution < -0.4 is 10.2 Å². The Morgan fingerprint density at radius 1 is 1.20 bits per heavy atom. The lowest BCUT2D eigenvalue weighted by atomic mass is 9.91. The van der Waals surface area contributed by atoms with Gasteiger partial charge in [-0.2, -0.15) is 0 Å². The Balaban J connectivity index is 1.74. The van der Waals surface area contributed by atoms with Crippen LogP contribution >= 0.6 is 0 Å². The van der Waals surface area contributed by atoms with Gasteiger partial charge >= 0.3 is 0 Å². The molecule has 1 saturated carbocycles. The van der Waals surface area contributed by atoms with Crippen molar-refractivity contribution in [2.45, 2.75) is 33.1 Å². The first-order chi connectivity index (χ1) is 9.52. The number of carbonyl (C=O) groups is 1. The molecule has 1 heterocycles. The highest BCUT2D eigenvalue weighted by molar-refractivity contribution is 5.97. The Morgan fingerprint density at radius 3 is 2.40 bits per heavy atom. The van der Waals surface area contributed by atoms with Crippen LogP contribution in [0.2, 0.25) is 0 Å². The molecule has 1 amide bonds. The summed E-state index contributed by atoms with van der Waals surface area (Å²) in [5, 5.41) is 3.39. The molecular formula is C17H24N2O. The van der Waals surface area contributed by atoms with E-state index in [9.17, 15) is 4.79 Å². The fourth-order valence-electron chi connectivity index (χ4n) is 3.68. The van der Waals surface area contributed by atoms with Crippen molar-refractivity contribution in [2.75, 3.05) is 25.0 Å². The van der Waals surface area contributed by atoms with E-state index in [-0.39, 0.29) is 5.92 Å². The lowest BCUT2D eigenvalue weighted by Gasteiger charge is -2.25. The second-order valence-electron chi connectivity index (χ2n) is 6.61. The van der Waals surface area contributed by atoms with Crippen LogP contribution in [0.25, 0.3) is 0 Å². The summed E-state index contributed by atoms with van der Waals surface area (Å²) in [5.41, 5.74) is 3.78. The molecular weight excluding hydrogens is 248 g/mol. The van der Waals surface area contributed by atoms with E-state index in [1.54, 1.807) is 0 Å². The molecule has 0 aromatic heterocycles. The number of hydrogen-bond donors (Lipinski definition) is 1. The number of amides is 1. The summed E-state index contributed by atoms with van der Waals surface area (Å²) in [4.78, 5) is 14.6. The fraction of sp³-hybridized carbons (Fsp3) is 0.588. The van der Waals surface area contributed by atoms with Gasteiger partial charge in [-0.1, -0.05) is 6.07 Å². The lowest BCUT2D eigenvalue weighted by Crippen LogP contribution is -2.34. The molecule has 3 heteroatoms. The Labute approximate surface area is 121 Å². The van der Waals surface area contributed by atoms with Crippen LogP contribution in [0.3, 0.4) is 0 Å². The van der Waals surface area contributed by atoms with E-state index < -0.39 is 0 Å². The van der Waals surface area contributed by atoms with E-state index >= 15 is 0 Å². The van der Waals surface area contributed by atoms with Crippen LogP contribution in [0.4, 0.5) is 5.69 Å². The van der Waals surface area contributed by atoms with Crippen molar-refractivity contribution in [3.63, 3.8) is 0 Å². The van der Waals surface area contributed by atoms with Gasteiger partial charge in [-0.15, -0.1) is 0 Å². The molecule has 1 saturated heterocycles. The second-order valence-corrected chi connectivity index (χ2v) is 6.61. The summed E-state index contributed by atoms with van der Waals surface area (Å²) in [7, 11) is 1.92. The van der Waals surface area contributed by atoms with Crippen molar-refractivity contribution in [3.8, 4) is 0 Å². The number of nitrogens with zero attached hydrogens (tertiary/aromatic N) is 1. The highest BCUT2D eigenvalue weighted by Crippen LogP contribution is 2.59. The molecule has 3 rings (SSSR count). The Bertz CT molecular complexity index is 512. The molecule has 1 aliphatic carbocycles. The van der Waals surface area contributed by atoms with Gasteiger partial charge in [0, 0.05) is 18.7 Å². The molecule has 20 heavy (non-hydrogen) atoms. The van der Waals surface area contributed by atoms with E-state index in [2.05, 4.69) is 37.4 Å². The summed E-state index contributed by atoms with van der Waals surface area (Å²) < 4.78 is 0. The number of anilines is 1. The third-order valence-corrected chi connectivity index (χ3v) is 5.01. The molecule has 0 radical (unpaired) electrons. The van der Waals surface area contributed by atoms with Crippen LogP contribution in [0.15, 0.2) is 18.2 Å². The van der Waals surface area contributed by atoms with Crippen LogP contribution in [0.1, 0.15) is 30.4 Å². The van der Waals surface area contributed by atoms with Gasteiger partial charge in [-0.25, -0.2) is 0 Å². The number of benzene rings is 1. The van der Waals surface area contributed by atoms with Gasteiger partial charge in [0.25, 0.3) is 0 Å². The quantitative estimate of drug-likeness (QED) is 0.897. The minimum atomic E-state index is 0.246. The highest BCUT2D eigenvalue weighted by Gasteiger charge is 2.58. The Morgan fingerprint density at radius 2 is 1.80 bits per heavy atom. The number of rotatable bonds is 2. The van der Waals surface area contributed by atoms with Gasteiger partial charge in [-0.3, -0.25) is 4.79 Å². The maximum atomic E-state index is 12.7. The van der Waals surface area contributed by atoms with Crippen molar-refractivity contribution in [1.82, 2.24) is 5.32 Å². The molecule has 3 nitrogen and oxygen atoms in total. The standard InChI is InChI=1S/C17H24N2O/c1-12-8-13(2)10-14(9-12)19(3)16(20)15-11-17(15)4-6-18-7-5-17/h8-10,15,18H,4-7,11H2,1-3H3.